The monoisotopic (exact) mass is 298 g/mol. The number of hydrogen-bond acceptors (Lipinski definition) is 3. The minimum absolute atomic E-state index is 0.140. The lowest BCUT2D eigenvalue weighted by molar-refractivity contribution is 0.270. The van der Waals surface area contributed by atoms with E-state index < -0.39 is 10.0 Å². The highest BCUT2D eigenvalue weighted by molar-refractivity contribution is 7.89. The molecule has 1 fully saturated rings. The van der Waals surface area contributed by atoms with Crippen molar-refractivity contribution in [3.8, 4) is 0 Å². The van der Waals surface area contributed by atoms with E-state index in [1.807, 2.05) is 18.4 Å². The summed E-state index contributed by atoms with van der Waals surface area (Å²) in [7, 11) is -3.52. The van der Waals surface area contributed by atoms with Gasteiger partial charge in [0.05, 0.1) is 6.61 Å². The number of aromatic nitrogens is 1. The molecule has 112 valence electrons. The molecule has 0 saturated heterocycles. The average Bonchev–Trinajstić information content (AvgIpc) is 3.14. The van der Waals surface area contributed by atoms with Crippen LogP contribution >= 0.6 is 0 Å². The molecule has 1 saturated carbocycles. The lowest BCUT2D eigenvalue weighted by atomic mass is 10.3. The van der Waals surface area contributed by atoms with Gasteiger partial charge < -0.3 is 9.67 Å². The maximum atomic E-state index is 12.6. The predicted octanol–water partition coefficient (Wildman–Crippen LogP) is 1.90. The highest BCUT2D eigenvalue weighted by atomic mass is 32.2. The van der Waals surface area contributed by atoms with Gasteiger partial charge in [-0.1, -0.05) is 19.1 Å². The van der Waals surface area contributed by atoms with Crippen LogP contribution in [0.1, 0.15) is 38.4 Å². The molecule has 1 heterocycles. The molecule has 1 aromatic rings. The van der Waals surface area contributed by atoms with Crippen molar-refractivity contribution in [2.45, 2.75) is 44.2 Å². The van der Waals surface area contributed by atoms with Gasteiger partial charge in [-0.2, -0.15) is 4.31 Å². The number of aliphatic hydroxyl groups is 1. The second-order valence-corrected chi connectivity index (χ2v) is 7.29. The summed E-state index contributed by atoms with van der Waals surface area (Å²) in [5, 5.41) is 9.37. The van der Waals surface area contributed by atoms with Crippen LogP contribution in [0.15, 0.2) is 29.3 Å². The predicted molar refractivity (Wildman–Crippen MR) is 77.9 cm³/mol. The fourth-order valence-electron chi connectivity index (χ4n) is 2.27. The highest BCUT2D eigenvalue weighted by Crippen LogP contribution is 2.37. The van der Waals surface area contributed by atoms with Crippen molar-refractivity contribution in [2.75, 3.05) is 13.1 Å². The number of nitrogens with zero attached hydrogens (tertiary/aromatic N) is 2. The van der Waals surface area contributed by atoms with E-state index in [0.717, 1.165) is 18.4 Å². The Morgan fingerprint density at radius 3 is 2.65 bits per heavy atom. The van der Waals surface area contributed by atoms with E-state index in [9.17, 15) is 13.5 Å². The van der Waals surface area contributed by atoms with E-state index >= 15 is 0 Å². The normalized spacial score (nSPS) is 15.8. The maximum absolute atomic E-state index is 12.6. The fourth-order valence-corrected chi connectivity index (χ4v) is 3.83. The first-order valence-corrected chi connectivity index (χ1v) is 8.30. The zero-order valence-electron chi connectivity index (χ0n) is 12.0. The molecule has 0 radical (unpaired) electrons. The minimum atomic E-state index is -3.52. The largest absolute Gasteiger partial charge is 0.390 e. The number of sulfonamides is 1. The first-order chi connectivity index (χ1) is 9.40. The Bertz CT molecular complexity index is 600. The van der Waals surface area contributed by atoms with Crippen molar-refractivity contribution in [3.63, 3.8) is 0 Å². The maximum Gasteiger partial charge on any atom is 0.244 e. The van der Waals surface area contributed by atoms with Gasteiger partial charge in [-0.3, -0.25) is 0 Å². The zero-order chi connectivity index (χ0) is 14.9. The van der Waals surface area contributed by atoms with Crippen molar-refractivity contribution in [1.82, 2.24) is 8.87 Å². The Morgan fingerprint density at radius 1 is 1.55 bits per heavy atom. The molecule has 1 aliphatic rings. The SMILES string of the molecule is C=C(C)CN(CC)S(=O)(=O)c1cc(CO)n(C2CC2)c1. The molecule has 1 aromatic heterocycles. The zero-order valence-corrected chi connectivity index (χ0v) is 12.9. The topological polar surface area (TPSA) is 62.5 Å². The third-order valence-corrected chi connectivity index (χ3v) is 5.33. The number of likely N-dealkylation sites (N-methyl/N-ethyl adjacent to an activating group) is 1. The van der Waals surface area contributed by atoms with Crippen LogP contribution in [0, 0.1) is 0 Å². The summed E-state index contributed by atoms with van der Waals surface area (Å²) in [6.07, 6.45) is 3.74. The van der Waals surface area contributed by atoms with Gasteiger partial charge in [0, 0.05) is 31.0 Å². The molecule has 0 atom stereocenters. The van der Waals surface area contributed by atoms with Gasteiger partial charge in [0.2, 0.25) is 10.0 Å². The van der Waals surface area contributed by atoms with Gasteiger partial charge in [0.1, 0.15) is 4.90 Å². The molecule has 0 amide bonds. The Kier molecular flexibility index (Phi) is 4.36. The van der Waals surface area contributed by atoms with Gasteiger partial charge in [-0.15, -0.1) is 0 Å². The molecule has 0 spiro atoms. The number of hydrogen-bond donors (Lipinski definition) is 1. The van der Waals surface area contributed by atoms with Crippen molar-refractivity contribution in [3.05, 3.63) is 30.1 Å². The summed E-state index contributed by atoms with van der Waals surface area (Å²) in [6, 6.07) is 1.92. The number of rotatable bonds is 7. The Balaban J connectivity index is 2.35. The van der Waals surface area contributed by atoms with Gasteiger partial charge in [0.15, 0.2) is 0 Å². The van der Waals surface area contributed by atoms with Crippen LogP contribution in [0.3, 0.4) is 0 Å². The number of aliphatic hydroxyl groups excluding tert-OH is 1. The van der Waals surface area contributed by atoms with Crippen molar-refractivity contribution < 1.29 is 13.5 Å². The standard InChI is InChI=1S/C14H22N2O3S/c1-4-15(8-11(2)3)20(18,19)14-7-13(10-17)16(9-14)12-5-6-12/h7,9,12,17H,2,4-6,8,10H2,1,3H3. The summed E-state index contributed by atoms with van der Waals surface area (Å²) >= 11 is 0. The molecule has 6 heteroatoms. The summed E-state index contributed by atoms with van der Waals surface area (Å²) < 4.78 is 28.5. The molecule has 0 aliphatic heterocycles. The molecule has 5 nitrogen and oxygen atoms in total. The average molecular weight is 298 g/mol. The molecule has 1 N–H and O–H groups in total. The molecular weight excluding hydrogens is 276 g/mol. The Morgan fingerprint density at radius 2 is 2.20 bits per heavy atom. The quantitative estimate of drug-likeness (QED) is 0.782. The molecule has 0 unspecified atom stereocenters. The molecule has 1 aliphatic carbocycles. The lowest BCUT2D eigenvalue weighted by Gasteiger charge is -2.19. The molecule has 2 rings (SSSR count). The van der Waals surface area contributed by atoms with Gasteiger partial charge in [-0.05, 0) is 25.8 Å². The van der Waals surface area contributed by atoms with E-state index in [-0.39, 0.29) is 11.5 Å². The smallest absolute Gasteiger partial charge is 0.244 e. The minimum Gasteiger partial charge on any atom is -0.390 e. The second kappa shape index (κ2) is 5.71. The van der Waals surface area contributed by atoms with E-state index in [4.69, 9.17) is 0 Å². The Labute approximate surface area is 120 Å². The van der Waals surface area contributed by atoms with Gasteiger partial charge in [-0.25, -0.2) is 8.42 Å². The first kappa shape index (κ1) is 15.3. The molecule has 0 bridgehead atoms. The van der Waals surface area contributed by atoms with E-state index in [1.54, 1.807) is 12.3 Å². The fraction of sp³-hybridized carbons (Fsp3) is 0.571. The third kappa shape index (κ3) is 2.97. The van der Waals surface area contributed by atoms with Crippen LogP contribution in [0.4, 0.5) is 0 Å². The van der Waals surface area contributed by atoms with Crippen LogP contribution in [-0.4, -0.2) is 35.5 Å². The van der Waals surface area contributed by atoms with Crippen LogP contribution in [0.2, 0.25) is 0 Å². The van der Waals surface area contributed by atoms with E-state index in [1.165, 1.54) is 4.31 Å². The Hall–Kier alpha value is -1.11. The highest BCUT2D eigenvalue weighted by Gasteiger charge is 2.30. The van der Waals surface area contributed by atoms with Crippen LogP contribution < -0.4 is 0 Å². The van der Waals surface area contributed by atoms with Crippen molar-refractivity contribution in [2.24, 2.45) is 0 Å². The van der Waals surface area contributed by atoms with E-state index in [0.29, 0.717) is 24.8 Å². The van der Waals surface area contributed by atoms with Gasteiger partial charge >= 0.3 is 0 Å². The van der Waals surface area contributed by atoms with Crippen LogP contribution in [0.25, 0.3) is 0 Å². The molecule has 0 aromatic carbocycles. The van der Waals surface area contributed by atoms with Crippen LogP contribution in [-0.2, 0) is 16.6 Å². The summed E-state index contributed by atoms with van der Waals surface area (Å²) in [6.45, 7) is 7.98. The van der Waals surface area contributed by atoms with Gasteiger partial charge in [0.25, 0.3) is 0 Å². The molecular formula is C14H22N2O3S. The van der Waals surface area contributed by atoms with Crippen LogP contribution in [0.5, 0.6) is 0 Å². The summed E-state index contributed by atoms with van der Waals surface area (Å²) in [5.41, 5.74) is 1.47. The second-order valence-electron chi connectivity index (χ2n) is 5.35. The lowest BCUT2D eigenvalue weighted by Crippen LogP contribution is -2.32. The third-order valence-electron chi connectivity index (χ3n) is 3.45. The summed E-state index contributed by atoms with van der Waals surface area (Å²) in [5.74, 6) is 0. The first-order valence-electron chi connectivity index (χ1n) is 6.86. The summed E-state index contributed by atoms with van der Waals surface area (Å²) in [4.78, 5) is 0.261. The van der Waals surface area contributed by atoms with Crippen molar-refractivity contribution in [1.29, 1.82) is 0 Å². The van der Waals surface area contributed by atoms with E-state index in [2.05, 4.69) is 6.58 Å². The molecule has 20 heavy (non-hydrogen) atoms. The van der Waals surface area contributed by atoms with Crippen molar-refractivity contribution >= 4 is 10.0 Å².